The lowest BCUT2D eigenvalue weighted by Gasteiger charge is -2.02. The molecule has 0 aliphatic rings. The molecule has 5 heteroatoms. The maximum Gasteiger partial charge on any atom is 0.159 e. The van der Waals surface area contributed by atoms with Crippen LogP contribution in [-0.4, -0.2) is 18.2 Å². The SMILES string of the molecule is CC(=O)c1ccc(N)cc1.CPNc1ccc(C(C)=O)cc1. The van der Waals surface area contributed by atoms with Gasteiger partial charge in [0.05, 0.1) is 0 Å². The van der Waals surface area contributed by atoms with Gasteiger partial charge in [0.1, 0.15) is 0 Å². The van der Waals surface area contributed by atoms with Crippen LogP contribution in [0.4, 0.5) is 11.4 Å². The first-order chi connectivity index (χ1) is 10.4. The van der Waals surface area contributed by atoms with Gasteiger partial charge in [-0.05, 0) is 77.8 Å². The van der Waals surface area contributed by atoms with Crippen molar-refractivity contribution in [3.05, 3.63) is 59.7 Å². The van der Waals surface area contributed by atoms with Crippen LogP contribution in [0.5, 0.6) is 0 Å². The fraction of sp³-hybridized carbons (Fsp3) is 0.176. The average molecular weight is 316 g/mol. The lowest BCUT2D eigenvalue weighted by molar-refractivity contribution is 0.100. The van der Waals surface area contributed by atoms with Gasteiger partial charge < -0.3 is 10.8 Å². The minimum atomic E-state index is 0.0694. The summed E-state index contributed by atoms with van der Waals surface area (Å²) < 4.78 is 0. The molecule has 0 bridgehead atoms. The number of ketones is 2. The van der Waals surface area contributed by atoms with Crippen LogP contribution in [0, 0.1) is 0 Å². The molecule has 0 saturated carbocycles. The van der Waals surface area contributed by atoms with Gasteiger partial charge in [0.2, 0.25) is 0 Å². The highest BCUT2D eigenvalue weighted by atomic mass is 31.1. The summed E-state index contributed by atoms with van der Waals surface area (Å²) >= 11 is 0. The standard InChI is InChI=1S/C9H12NOP.C8H9NO/c1-7(11)8-3-5-9(6-4-8)10-12-2;1-6(10)7-2-4-8(9)5-3-7/h3-6,10,12H,1-2H3;2-5H,9H2,1H3. The maximum atomic E-state index is 10.9. The fourth-order valence-electron chi connectivity index (χ4n) is 1.65. The van der Waals surface area contributed by atoms with Gasteiger partial charge in [-0.25, -0.2) is 0 Å². The lowest BCUT2D eigenvalue weighted by atomic mass is 10.1. The molecule has 0 aliphatic carbocycles. The van der Waals surface area contributed by atoms with Crippen molar-refractivity contribution in [3.8, 4) is 0 Å². The molecular weight excluding hydrogens is 295 g/mol. The number of Topliss-reactive ketones (excluding diaryl/α,β-unsaturated/α-hetero) is 2. The summed E-state index contributed by atoms with van der Waals surface area (Å²) in [6.07, 6.45) is 0. The molecule has 0 saturated heterocycles. The molecule has 2 rings (SSSR count). The van der Waals surface area contributed by atoms with E-state index in [2.05, 4.69) is 11.8 Å². The topological polar surface area (TPSA) is 72.2 Å². The number of hydrogen-bond acceptors (Lipinski definition) is 4. The highest BCUT2D eigenvalue weighted by molar-refractivity contribution is 7.38. The van der Waals surface area contributed by atoms with Crippen molar-refractivity contribution in [2.24, 2.45) is 0 Å². The van der Waals surface area contributed by atoms with Crippen LogP contribution in [0.3, 0.4) is 0 Å². The largest absolute Gasteiger partial charge is 0.399 e. The summed E-state index contributed by atoms with van der Waals surface area (Å²) in [5, 5.41) is 3.19. The predicted octanol–water partition coefficient (Wildman–Crippen LogP) is 4.00. The third kappa shape index (κ3) is 6.06. The molecule has 0 fully saturated rings. The Morgan fingerprint density at radius 2 is 1.27 bits per heavy atom. The van der Waals surface area contributed by atoms with Gasteiger partial charge in [0.25, 0.3) is 0 Å². The Morgan fingerprint density at radius 3 is 1.64 bits per heavy atom. The second kappa shape index (κ2) is 8.96. The number of nitrogens with one attached hydrogen (secondary N) is 1. The van der Waals surface area contributed by atoms with Gasteiger partial charge in [0.15, 0.2) is 11.6 Å². The molecule has 0 spiro atoms. The second-order valence-electron chi connectivity index (χ2n) is 4.69. The fourth-order valence-corrected chi connectivity index (χ4v) is 2.11. The molecule has 0 heterocycles. The van der Waals surface area contributed by atoms with Crippen LogP contribution >= 0.6 is 8.73 Å². The number of carbonyl (C=O) groups is 2. The first-order valence-electron chi connectivity index (χ1n) is 6.84. The van der Waals surface area contributed by atoms with E-state index in [1.165, 1.54) is 6.92 Å². The van der Waals surface area contributed by atoms with Gasteiger partial charge in [-0.15, -0.1) is 0 Å². The molecule has 4 nitrogen and oxygen atoms in total. The van der Waals surface area contributed by atoms with E-state index in [1.54, 1.807) is 31.2 Å². The number of nitrogens with two attached hydrogens (primary N) is 1. The number of anilines is 2. The zero-order chi connectivity index (χ0) is 16.5. The first-order valence-corrected chi connectivity index (χ1v) is 8.34. The van der Waals surface area contributed by atoms with Crippen molar-refractivity contribution < 1.29 is 9.59 Å². The van der Waals surface area contributed by atoms with E-state index in [0.29, 0.717) is 20.0 Å². The summed E-state index contributed by atoms with van der Waals surface area (Å²) in [7, 11) is 0.692. The molecule has 0 amide bonds. The van der Waals surface area contributed by atoms with Crippen LogP contribution < -0.4 is 10.8 Å². The molecule has 0 aromatic heterocycles. The van der Waals surface area contributed by atoms with E-state index in [0.717, 1.165) is 11.3 Å². The van der Waals surface area contributed by atoms with Crippen molar-refractivity contribution in [2.75, 3.05) is 17.5 Å². The van der Waals surface area contributed by atoms with Crippen molar-refractivity contribution in [1.82, 2.24) is 0 Å². The minimum Gasteiger partial charge on any atom is -0.399 e. The van der Waals surface area contributed by atoms with Crippen LogP contribution in [0.2, 0.25) is 0 Å². The third-order valence-electron chi connectivity index (χ3n) is 2.88. The Balaban J connectivity index is 0.000000224. The molecule has 3 N–H and O–H groups in total. The number of benzene rings is 2. The zero-order valence-electron chi connectivity index (χ0n) is 13.0. The van der Waals surface area contributed by atoms with Crippen molar-refractivity contribution in [3.63, 3.8) is 0 Å². The summed E-state index contributed by atoms with van der Waals surface area (Å²) in [4.78, 5) is 21.6. The molecule has 116 valence electrons. The van der Waals surface area contributed by atoms with Gasteiger partial charge in [-0.2, -0.15) is 0 Å². The van der Waals surface area contributed by atoms with Crippen LogP contribution in [-0.2, 0) is 0 Å². The number of hydrogen-bond donors (Lipinski definition) is 2. The van der Waals surface area contributed by atoms with E-state index in [1.807, 2.05) is 24.3 Å². The minimum absolute atomic E-state index is 0.0694. The van der Waals surface area contributed by atoms with E-state index < -0.39 is 0 Å². The predicted molar refractivity (Wildman–Crippen MR) is 95.2 cm³/mol. The third-order valence-corrected chi connectivity index (χ3v) is 3.42. The molecular formula is C17H21N2O2P. The highest BCUT2D eigenvalue weighted by Gasteiger charge is 1.97. The van der Waals surface area contributed by atoms with Crippen molar-refractivity contribution in [2.45, 2.75) is 13.8 Å². The molecule has 2 aromatic carbocycles. The van der Waals surface area contributed by atoms with Crippen LogP contribution in [0.1, 0.15) is 34.6 Å². The smallest absolute Gasteiger partial charge is 0.159 e. The molecule has 2 aromatic rings. The molecule has 0 radical (unpaired) electrons. The van der Waals surface area contributed by atoms with Gasteiger partial charge >= 0.3 is 0 Å². The van der Waals surface area contributed by atoms with Gasteiger partial charge in [0, 0.05) is 22.5 Å². The van der Waals surface area contributed by atoms with Gasteiger partial charge in [-0.3, -0.25) is 9.59 Å². The Labute approximate surface area is 133 Å². The Morgan fingerprint density at radius 1 is 0.864 bits per heavy atom. The summed E-state index contributed by atoms with van der Waals surface area (Å²) in [6, 6.07) is 14.4. The number of nitrogen functional groups attached to an aromatic ring is 1. The van der Waals surface area contributed by atoms with Crippen LogP contribution in [0.25, 0.3) is 0 Å². The zero-order valence-corrected chi connectivity index (χ0v) is 14.0. The van der Waals surface area contributed by atoms with Crippen molar-refractivity contribution >= 4 is 31.7 Å². The molecule has 1 atom stereocenters. The summed E-state index contributed by atoms with van der Waals surface area (Å²) in [5.41, 5.74) is 8.64. The number of carbonyl (C=O) groups excluding carboxylic acids is 2. The highest BCUT2D eigenvalue weighted by Crippen LogP contribution is 2.15. The summed E-state index contributed by atoms with van der Waals surface area (Å²) in [6.45, 7) is 5.18. The molecule has 22 heavy (non-hydrogen) atoms. The Bertz CT molecular complexity index is 622. The van der Waals surface area contributed by atoms with Gasteiger partial charge in [-0.1, -0.05) is 0 Å². The second-order valence-corrected chi connectivity index (χ2v) is 5.44. The number of rotatable bonds is 4. The maximum absolute atomic E-state index is 10.9. The monoisotopic (exact) mass is 316 g/mol. The average Bonchev–Trinajstić information content (AvgIpc) is 2.49. The molecule has 1 unspecified atom stereocenters. The lowest BCUT2D eigenvalue weighted by Crippen LogP contribution is -1.91. The normalized spacial score (nSPS) is 9.95. The Kier molecular flexibility index (Phi) is 7.27. The quantitative estimate of drug-likeness (QED) is 0.508. The van der Waals surface area contributed by atoms with E-state index in [-0.39, 0.29) is 11.6 Å². The van der Waals surface area contributed by atoms with E-state index in [9.17, 15) is 9.59 Å². The van der Waals surface area contributed by atoms with E-state index >= 15 is 0 Å². The summed E-state index contributed by atoms with van der Waals surface area (Å²) in [5.74, 6) is 0.181. The molecule has 0 aliphatic heterocycles. The Hall–Kier alpha value is -2.19. The van der Waals surface area contributed by atoms with Crippen molar-refractivity contribution in [1.29, 1.82) is 0 Å². The first kappa shape index (κ1) is 17.9. The van der Waals surface area contributed by atoms with E-state index in [4.69, 9.17) is 5.73 Å². The van der Waals surface area contributed by atoms with Crippen LogP contribution in [0.15, 0.2) is 48.5 Å².